The van der Waals surface area contributed by atoms with Gasteiger partial charge in [0, 0.05) is 6.07 Å². The van der Waals surface area contributed by atoms with Crippen LogP contribution in [0.4, 0.5) is 17.3 Å². The van der Waals surface area contributed by atoms with Crippen LogP contribution in [0.3, 0.4) is 0 Å². The zero-order chi connectivity index (χ0) is 8.43. The molecule has 0 radical (unpaired) electrons. The van der Waals surface area contributed by atoms with Crippen molar-refractivity contribution in [2.24, 2.45) is 5.18 Å². The van der Waals surface area contributed by atoms with Gasteiger partial charge in [0.15, 0.2) is 11.5 Å². The van der Waals surface area contributed by atoms with Crippen molar-refractivity contribution in [2.75, 3.05) is 11.5 Å². The Kier molecular flexibility index (Phi) is 1.91. The van der Waals surface area contributed by atoms with E-state index in [1.54, 1.807) is 0 Å². The molecule has 0 aromatic carbocycles. The Balaban J connectivity index is 3.36. The predicted octanol–water partition coefficient (Wildman–Crippen LogP) is 1.30. The van der Waals surface area contributed by atoms with Crippen molar-refractivity contribution in [3.8, 4) is 0 Å². The number of nitrogen functional groups attached to an aromatic ring is 2. The summed E-state index contributed by atoms with van der Waals surface area (Å²) in [6.07, 6.45) is 0. The zero-order valence-corrected chi connectivity index (χ0v) is 6.17. The first kappa shape index (κ1) is 7.74. The van der Waals surface area contributed by atoms with Gasteiger partial charge in [-0.1, -0.05) is 11.6 Å². The minimum atomic E-state index is -0.0686. The maximum Gasteiger partial charge on any atom is 0.168 e. The van der Waals surface area contributed by atoms with Gasteiger partial charge in [-0.3, -0.25) is 0 Å². The van der Waals surface area contributed by atoms with Crippen LogP contribution in [-0.4, -0.2) is 4.98 Å². The lowest BCUT2D eigenvalue weighted by Crippen LogP contribution is -1.96. The number of anilines is 2. The Hall–Kier alpha value is -1.36. The monoisotopic (exact) mass is 172 g/mol. The van der Waals surface area contributed by atoms with Gasteiger partial charge in [-0.25, -0.2) is 4.98 Å². The van der Waals surface area contributed by atoms with Gasteiger partial charge in [0.05, 0.1) is 5.02 Å². The fourth-order valence-corrected chi connectivity index (χ4v) is 0.878. The van der Waals surface area contributed by atoms with E-state index in [0.29, 0.717) is 0 Å². The van der Waals surface area contributed by atoms with Gasteiger partial charge in [-0.05, 0) is 5.18 Å². The summed E-state index contributed by atoms with van der Waals surface area (Å²) in [6.45, 7) is 0. The summed E-state index contributed by atoms with van der Waals surface area (Å²) in [7, 11) is 0. The Morgan fingerprint density at radius 3 is 2.64 bits per heavy atom. The molecule has 11 heavy (non-hydrogen) atoms. The molecule has 0 unspecified atom stereocenters. The van der Waals surface area contributed by atoms with Crippen LogP contribution in [0.1, 0.15) is 0 Å². The molecule has 0 saturated carbocycles. The van der Waals surface area contributed by atoms with E-state index in [2.05, 4.69) is 10.2 Å². The van der Waals surface area contributed by atoms with Crippen LogP contribution >= 0.6 is 11.6 Å². The number of nitrogens with zero attached hydrogens (tertiary/aromatic N) is 2. The van der Waals surface area contributed by atoms with Crippen LogP contribution in [0.2, 0.25) is 5.02 Å². The molecule has 0 aliphatic carbocycles. The first-order chi connectivity index (χ1) is 5.15. The van der Waals surface area contributed by atoms with Crippen LogP contribution in [0.25, 0.3) is 0 Å². The second-order valence-electron chi connectivity index (χ2n) is 1.85. The minimum Gasteiger partial charge on any atom is -0.384 e. The summed E-state index contributed by atoms with van der Waals surface area (Å²) in [5.41, 5.74) is 10.5. The molecule has 0 bridgehead atoms. The van der Waals surface area contributed by atoms with Crippen molar-refractivity contribution >= 4 is 28.9 Å². The van der Waals surface area contributed by atoms with Crippen LogP contribution in [0.5, 0.6) is 0 Å². The van der Waals surface area contributed by atoms with Crippen LogP contribution in [0, 0.1) is 4.91 Å². The Labute approximate surface area is 67.3 Å². The molecule has 4 N–H and O–H groups in total. The highest BCUT2D eigenvalue weighted by atomic mass is 35.5. The van der Waals surface area contributed by atoms with Crippen molar-refractivity contribution in [3.63, 3.8) is 0 Å². The van der Waals surface area contributed by atoms with E-state index >= 15 is 0 Å². The summed E-state index contributed by atoms with van der Waals surface area (Å²) in [5.74, 6) is 0.116. The van der Waals surface area contributed by atoms with Gasteiger partial charge in [0.1, 0.15) is 5.82 Å². The molecule has 0 aliphatic heterocycles. The largest absolute Gasteiger partial charge is 0.384 e. The van der Waals surface area contributed by atoms with Crippen LogP contribution in [-0.2, 0) is 0 Å². The molecule has 0 saturated heterocycles. The first-order valence-corrected chi connectivity index (χ1v) is 3.08. The summed E-state index contributed by atoms with van der Waals surface area (Å²) in [4.78, 5) is 13.6. The normalized spacial score (nSPS) is 9.55. The highest BCUT2D eigenvalue weighted by molar-refractivity contribution is 6.33. The van der Waals surface area contributed by atoms with E-state index in [9.17, 15) is 4.91 Å². The average molecular weight is 173 g/mol. The number of hydrogen-bond acceptors (Lipinski definition) is 5. The Bertz CT molecular complexity index is 278. The maximum atomic E-state index is 10.1. The number of nitroso groups, excluding NO2 is 1. The van der Waals surface area contributed by atoms with Gasteiger partial charge in [-0.2, -0.15) is 0 Å². The van der Waals surface area contributed by atoms with Crippen molar-refractivity contribution in [1.82, 2.24) is 4.98 Å². The third kappa shape index (κ3) is 1.38. The van der Waals surface area contributed by atoms with E-state index in [4.69, 9.17) is 23.1 Å². The number of halogens is 1. The van der Waals surface area contributed by atoms with Gasteiger partial charge in [0.2, 0.25) is 0 Å². The van der Waals surface area contributed by atoms with Crippen LogP contribution < -0.4 is 11.5 Å². The standard InChI is InChI=1S/C5H5ClN4O/c6-2-1-3(7)9-5(8)4(2)10-11/h1H,(H4,7,8,9). The molecule has 58 valence electrons. The lowest BCUT2D eigenvalue weighted by Gasteiger charge is -1.99. The molecule has 6 heteroatoms. The molecule has 1 rings (SSSR count). The van der Waals surface area contributed by atoms with E-state index in [1.807, 2.05) is 0 Å². The summed E-state index contributed by atoms with van der Waals surface area (Å²) in [5, 5.41) is 2.70. The molecule has 0 fully saturated rings. The van der Waals surface area contributed by atoms with Crippen molar-refractivity contribution in [2.45, 2.75) is 0 Å². The number of pyridine rings is 1. The molecule has 1 aromatic rings. The summed E-state index contributed by atoms with van der Waals surface area (Å²) in [6, 6.07) is 1.31. The maximum absolute atomic E-state index is 10.1. The molecule has 1 aromatic heterocycles. The number of aromatic nitrogens is 1. The second-order valence-corrected chi connectivity index (χ2v) is 2.26. The number of rotatable bonds is 1. The topological polar surface area (TPSA) is 94.4 Å². The fourth-order valence-electron chi connectivity index (χ4n) is 0.635. The molecule has 0 atom stereocenters. The van der Waals surface area contributed by atoms with Crippen molar-refractivity contribution < 1.29 is 0 Å². The highest BCUT2D eigenvalue weighted by Gasteiger charge is 2.07. The fraction of sp³-hybridized carbons (Fsp3) is 0. The molecule has 0 aliphatic rings. The molecule has 0 amide bonds. The number of nitrogens with two attached hydrogens (primary N) is 2. The third-order valence-corrected chi connectivity index (χ3v) is 1.37. The average Bonchev–Trinajstić information content (AvgIpc) is 1.85. The summed E-state index contributed by atoms with van der Waals surface area (Å²) >= 11 is 5.54. The quantitative estimate of drug-likeness (QED) is 0.624. The van der Waals surface area contributed by atoms with Gasteiger partial charge >= 0.3 is 0 Å². The molecule has 5 nitrogen and oxygen atoms in total. The molecular formula is C5H5ClN4O. The SMILES string of the molecule is Nc1cc(Cl)c(N=O)c(N)n1. The minimum absolute atomic E-state index is 0.0509. The van der Waals surface area contributed by atoms with Crippen LogP contribution in [0.15, 0.2) is 11.2 Å². The lowest BCUT2D eigenvalue weighted by molar-refractivity contribution is 1.32. The predicted molar refractivity (Wildman–Crippen MR) is 43.5 cm³/mol. The third-order valence-electron chi connectivity index (χ3n) is 1.08. The molecule has 0 spiro atoms. The van der Waals surface area contributed by atoms with Gasteiger partial charge < -0.3 is 11.5 Å². The van der Waals surface area contributed by atoms with E-state index in [1.165, 1.54) is 6.07 Å². The Morgan fingerprint density at radius 2 is 2.18 bits per heavy atom. The zero-order valence-electron chi connectivity index (χ0n) is 5.41. The van der Waals surface area contributed by atoms with Crippen molar-refractivity contribution in [3.05, 3.63) is 16.0 Å². The van der Waals surface area contributed by atoms with E-state index in [-0.39, 0.29) is 22.3 Å². The lowest BCUT2D eigenvalue weighted by atomic mass is 10.4. The van der Waals surface area contributed by atoms with Gasteiger partial charge in [-0.15, -0.1) is 4.91 Å². The van der Waals surface area contributed by atoms with E-state index in [0.717, 1.165) is 0 Å². The second kappa shape index (κ2) is 2.71. The molecular weight excluding hydrogens is 168 g/mol. The highest BCUT2D eigenvalue weighted by Crippen LogP contribution is 2.30. The smallest absolute Gasteiger partial charge is 0.168 e. The van der Waals surface area contributed by atoms with Crippen molar-refractivity contribution in [1.29, 1.82) is 0 Å². The summed E-state index contributed by atoms with van der Waals surface area (Å²) < 4.78 is 0. The first-order valence-electron chi connectivity index (χ1n) is 2.70. The molecule has 1 heterocycles. The van der Waals surface area contributed by atoms with E-state index < -0.39 is 0 Å². The Morgan fingerprint density at radius 1 is 1.55 bits per heavy atom. The number of hydrogen-bond donors (Lipinski definition) is 2. The van der Waals surface area contributed by atoms with Gasteiger partial charge in [0.25, 0.3) is 0 Å².